The maximum atomic E-state index is 5.53. The number of thiophene rings is 1. The minimum absolute atomic E-state index is 0.739. The number of hydrazine groups is 1. The van der Waals surface area contributed by atoms with E-state index in [1.807, 2.05) is 23.2 Å². The first kappa shape index (κ1) is 13.1. The van der Waals surface area contributed by atoms with Crippen LogP contribution < -0.4 is 11.3 Å². The maximum absolute atomic E-state index is 5.53. The third kappa shape index (κ3) is 3.01. The lowest BCUT2D eigenvalue weighted by molar-refractivity contribution is 0.623. The number of rotatable bonds is 5. The molecule has 0 aromatic carbocycles. The predicted molar refractivity (Wildman–Crippen MR) is 83.3 cm³/mol. The Labute approximate surface area is 121 Å². The average molecular weight is 294 g/mol. The van der Waals surface area contributed by atoms with Crippen LogP contribution in [0, 0.1) is 5.92 Å². The molecular weight excluding hydrogens is 276 g/mol. The van der Waals surface area contributed by atoms with Crippen molar-refractivity contribution >= 4 is 39.1 Å². The van der Waals surface area contributed by atoms with Gasteiger partial charge in [-0.25, -0.2) is 15.8 Å². The van der Waals surface area contributed by atoms with Crippen LogP contribution in [0.15, 0.2) is 11.4 Å². The number of nitrogen functional groups attached to an aromatic ring is 1. The van der Waals surface area contributed by atoms with E-state index in [4.69, 9.17) is 5.84 Å². The molecule has 6 heteroatoms. The van der Waals surface area contributed by atoms with Crippen LogP contribution in [-0.2, 0) is 5.75 Å². The Hall–Kier alpha value is -0.850. The van der Waals surface area contributed by atoms with E-state index in [1.165, 1.54) is 31.4 Å². The first-order valence-corrected chi connectivity index (χ1v) is 8.68. The largest absolute Gasteiger partial charge is 0.308 e. The molecule has 0 bridgehead atoms. The molecular formula is C13H18N4S2. The highest BCUT2D eigenvalue weighted by Crippen LogP contribution is 2.30. The summed E-state index contributed by atoms with van der Waals surface area (Å²) in [5.41, 5.74) is 2.67. The molecule has 3 rings (SSSR count). The van der Waals surface area contributed by atoms with Gasteiger partial charge in [-0.15, -0.1) is 11.3 Å². The number of hydrogen-bond donors (Lipinski definition) is 2. The quantitative estimate of drug-likeness (QED) is 0.653. The number of anilines is 1. The van der Waals surface area contributed by atoms with Gasteiger partial charge in [-0.3, -0.25) is 0 Å². The van der Waals surface area contributed by atoms with Crippen molar-refractivity contribution in [3.63, 3.8) is 0 Å². The second-order valence-corrected chi connectivity index (χ2v) is 6.86. The third-order valence-electron chi connectivity index (χ3n) is 3.57. The van der Waals surface area contributed by atoms with Crippen molar-refractivity contribution in [2.45, 2.75) is 31.4 Å². The van der Waals surface area contributed by atoms with E-state index in [-0.39, 0.29) is 0 Å². The van der Waals surface area contributed by atoms with Crippen LogP contribution in [0.25, 0.3) is 10.2 Å². The molecule has 0 radical (unpaired) electrons. The minimum Gasteiger partial charge on any atom is -0.308 e. The summed E-state index contributed by atoms with van der Waals surface area (Å²) in [6.07, 6.45) is 5.61. The SMILES string of the molecule is NNc1nc(CSCC2CCCC2)nc2sccc12. The Morgan fingerprint density at radius 2 is 2.21 bits per heavy atom. The molecule has 1 fully saturated rings. The predicted octanol–water partition coefficient (Wildman–Crippen LogP) is 3.40. The van der Waals surface area contributed by atoms with Crippen LogP contribution >= 0.6 is 23.1 Å². The van der Waals surface area contributed by atoms with E-state index in [0.29, 0.717) is 0 Å². The molecule has 0 saturated heterocycles. The highest BCUT2D eigenvalue weighted by atomic mass is 32.2. The number of thioether (sulfide) groups is 1. The lowest BCUT2D eigenvalue weighted by Gasteiger charge is -2.08. The third-order valence-corrected chi connectivity index (χ3v) is 5.54. The van der Waals surface area contributed by atoms with Gasteiger partial charge in [-0.05, 0) is 36.0 Å². The van der Waals surface area contributed by atoms with Crippen molar-refractivity contribution in [1.29, 1.82) is 0 Å². The topological polar surface area (TPSA) is 63.8 Å². The maximum Gasteiger partial charge on any atom is 0.152 e. The van der Waals surface area contributed by atoms with Crippen LogP contribution in [0.2, 0.25) is 0 Å². The van der Waals surface area contributed by atoms with Crippen LogP contribution in [0.4, 0.5) is 5.82 Å². The van der Waals surface area contributed by atoms with Gasteiger partial charge in [0.1, 0.15) is 10.7 Å². The molecule has 3 N–H and O–H groups in total. The molecule has 2 aromatic heterocycles. The monoisotopic (exact) mass is 294 g/mol. The second kappa shape index (κ2) is 6.07. The van der Waals surface area contributed by atoms with E-state index in [2.05, 4.69) is 15.4 Å². The normalized spacial score (nSPS) is 16.3. The summed E-state index contributed by atoms with van der Waals surface area (Å²) in [5, 5.41) is 3.03. The second-order valence-electron chi connectivity index (χ2n) is 4.94. The van der Waals surface area contributed by atoms with E-state index in [0.717, 1.165) is 33.5 Å². The number of fused-ring (bicyclic) bond motifs is 1. The van der Waals surface area contributed by atoms with Gasteiger partial charge < -0.3 is 5.43 Å². The Kier molecular flexibility index (Phi) is 4.20. The van der Waals surface area contributed by atoms with Crippen LogP contribution in [0.5, 0.6) is 0 Å². The van der Waals surface area contributed by atoms with Crippen molar-refractivity contribution in [1.82, 2.24) is 9.97 Å². The Morgan fingerprint density at radius 3 is 3.00 bits per heavy atom. The summed E-state index contributed by atoms with van der Waals surface area (Å²) in [7, 11) is 0. The molecule has 2 aromatic rings. The first-order chi connectivity index (χ1) is 9.36. The molecule has 0 aliphatic heterocycles. The molecule has 1 aliphatic carbocycles. The molecule has 1 saturated carbocycles. The Bertz CT molecular complexity index is 549. The van der Waals surface area contributed by atoms with Gasteiger partial charge in [0, 0.05) is 0 Å². The molecule has 2 heterocycles. The van der Waals surface area contributed by atoms with Crippen LogP contribution in [-0.4, -0.2) is 15.7 Å². The summed E-state index contributed by atoms with van der Waals surface area (Å²) in [4.78, 5) is 10.1. The smallest absolute Gasteiger partial charge is 0.152 e. The van der Waals surface area contributed by atoms with Crippen molar-refractivity contribution in [2.24, 2.45) is 11.8 Å². The molecule has 19 heavy (non-hydrogen) atoms. The van der Waals surface area contributed by atoms with Gasteiger partial charge in [-0.2, -0.15) is 11.8 Å². The first-order valence-electron chi connectivity index (χ1n) is 6.65. The molecule has 102 valence electrons. The molecule has 4 nitrogen and oxygen atoms in total. The van der Waals surface area contributed by atoms with Crippen molar-refractivity contribution < 1.29 is 0 Å². The Balaban J connectivity index is 1.66. The van der Waals surface area contributed by atoms with E-state index in [9.17, 15) is 0 Å². The van der Waals surface area contributed by atoms with Crippen LogP contribution in [0.1, 0.15) is 31.5 Å². The zero-order chi connectivity index (χ0) is 13.1. The number of nitrogens with zero attached hydrogens (tertiary/aromatic N) is 2. The molecule has 0 amide bonds. The summed E-state index contributed by atoms with van der Waals surface area (Å²) in [6.45, 7) is 0. The van der Waals surface area contributed by atoms with E-state index < -0.39 is 0 Å². The zero-order valence-corrected chi connectivity index (χ0v) is 12.4. The van der Waals surface area contributed by atoms with E-state index in [1.54, 1.807) is 11.3 Å². The van der Waals surface area contributed by atoms with Crippen LogP contribution in [0.3, 0.4) is 0 Å². The molecule has 1 aliphatic rings. The van der Waals surface area contributed by atoms with Crippen molar-refractivity contribution in [3.05, 3.63) is 17.3 Å². The standard InChI is InChI=1S/C13H18N4S2/c14-17-12-10-5-6-19-13(10)16-11(15-12)8-18-7-9-3-1-2-4-9/h5-6,9H,1-4,7-8,14H2,(H,15,16,17). The number of nitrogens with two attached hydrogens (primary N) is 1. The summed E-state index contributed by atoms with van der Waals surface area (Å²) in [6, 6.07) is 2.00. The number of hydrogen-bond acceptors (Lipinski definition) is 6. The highest BCUT2D eigenvalue weighted by Gasteiger charge is 2.15. The average Bonchev–Trinajstić information content (AvgIpc) is 3.08. The lowest BCUT2D eigenvalue weighted by Crippen LogP contribution is -2.10. The zero-order valence-electron chi connectivity index (χ0n) is 10.8. The highest BCUT2D eigenvalue weighted by molar-refractivity contribution is 7.98. The fourth-order valence-corrected chi connectivity index (χ4v) is 4.45. The fourth-order valence-electron chi connectivity index (χ4n) is 2.57. The Morgan fingerprint density at radius 1 is 1.37 bits per heavy atom. The van der Waals surface area contributed by atoms with Gasteiger partial charge in [0.05, 0.1) is 11.1 Å². The number of aromatic nitrogens is 2. The lowest BCUT2D eigenvalue weighted by atomic mass is 10.1. The van der Waals surface area contributed by atoms with Gasteiger partial charge in [0.15, 0.2) is 5.82 Å². The van der Waals surface area contributed by atoms with Gasteiger partial charge >= 0.3 is 0 Å². The fraction of sp³-hybridized carbons (Fsp3) is 0.538. The number of nitrogens with one attached hydrogen (secondary N) is 1. The summed E-state index contributed by atoms with van der Waals surface area (Å²) >= 11 is 3.58. The summed E-state index contributed by atoms with van der Waals surface area (Å²) < 4.78 is 0. The molecule has 0 atom stereocenters. The van der Waals surface area contributed by atoms with Crippen molar-refractivity contribution in [2.75, 3.05) is 11.2 Å². The van der Waals surface area contributed by atoms with Gasteiger partial charge in [-0.1, -0.05) is 12.8 Å². The molecule has 0 unspecified atom stereocenters. The van der Waals surface area contributed by atoms with Crippen molar-refractivity contribution in [3.8, 4) is 0 Å². The minimum atomic E-state index is 0.739. The summed E-state index contributed by atoms with van der Waals surface area (Å²) in [5.74, 6) is 10.2. The van der Waals surface area contributed by atoms with Gasteiger partial charge in [0.25, 0.3) is 0 Å². The molecule has 0 spiro atoms. The van der Waals surface area contributed by atoms with E-state index >= 15 is 0 Å². The van der Waals surface area contributed by atoms with Gasteiger partial charge in [0.2, 0.25) is 0 Å².